The first kappa shape index (κ1) is 13.1. The first-order valence-corrected chi connectivity index (χ1v) is 6.18. The summed E-state index contributed by atoms with van der Waals surface area (Å²) in [6, 6.07) is 11.5. The smallest absolute Gasteiger partial charge is 0.267 e. The van der Waals surface area contributed by atoms with Gasteiger partial charge in [0.2, 0.25) is 0 Å². The van der Waals surface area contributed by atoms with Gasteiger partial charge in [0.25, 0.3) is 5.91 Å². The molecule has 2 N–H and O–H groups in total. The van der Waals surface area contributed by atoms with E-state index >= 15 is 0 Å². The monoisotopic (exact) mass is 256 g/mol. The summed E-state index contributed by atoms with van der Waals surface area (Å²) in [6.45, 7) is 2.04. The highest BCUT2D eigenvalue weighted by Gasteiger charge is 2.09. The Morgan fingerprint density at radius 3 is 2.58 bits per heavy atom. The van der Waals surface area contributed by atoms with Crippen LogP contribution in [0.2, 0.25) is 0 Å². The van der Waals surface area contributed by atoms with Crippen molar-refractivity contribution in [3.05, 3.63) is 59.4 Å². The summed E-state index contributed by atoms with van der Waals surface area (Å²) in [7, 11) is 0. The van der Waals surface area contributed by atoms with Crippen molar-refractivity contribution in [1.82, 2.24) is 10.3 Å². The van der Waals surface area contributed by atoms with Crippen molar-refractivity contribution < 1.29 is 9.59 Å². The maximum absolute atomic E-state index is 11.8. The van der Waals surface area contributed by atoms with Crippen molar-refractivity contribution in [2.75, 3.05) is 6.54 Å². The molecule has 2 rings (SSSR count). The Morgan fingerprint density at radius 2 is 1.95 bits per heavy atom. The predicted octanol–water partition coefficient (Wildman–Crippen LogP) is 2.19. The molecule has 0 aliphatic rings. The van der Waals surface area contributed by atoms with Gasteiger partial charge in [-0.1, -0.05) is 30.3 Å². The molecule has 0 fully saturated rings. The molecule has 4 nitrogen and oxygen atoms in total. The molecule has 1 aromatic heterocycles. The molecule has 0 spiro atoms. The Bertz CT molecular complexity index is 573. The average molecular weight is 256 g/mol. The highest BCUT2D eigenvalue weighted by molar-refractivity contribution is 5.99. The highest BCUT2D eigenvalue weighted by Crippen LogP contribution is 2.04. The van der Waals surface area contributed by atoms with Gasteiger partial charge in [0.1, 0.15) is 5.69 Å². The number of carbonyl (C=O) groups is 2. The molecule has 4 heteroatoms. The summed E-state index contributed by atoms with van der Waals surface area (Å²) in [4.78, 5) is 25.7. The van der Waals surface area contributed by atoms with E-state index in [0.29, 0.717) is 17.8 Å². The van der Waals surface area contributed by atoms with Crippen LogP contribution in [-0.2, 0) is 6.42 Å². The van der Waals surface area contributed by atoms with E-state index in [0.717, 1.165) is 6.42 Å². The molecule has 1 aromatic carbocycles. The first-order chi connectivity index (χ1) is 9.16. The van der Waals surface area contributed by atoms with Crippen LogP contribution in [0.4, 0.5) is 0 Å². The molecule has 0 bridgehead atoms. The number of rotatable bonds is 5. The van der Waals surface area contributed by atoms with Crippen LogP contribution in [0.3, 0.4) is 0 Å². The number of ketones is 1. The third-order valence-corrected chi connectivity index (χ3v) is 2.88. The van der Waals surface area contributed by atoms with Crippen molar-refractivity contribution >= 4 is 11.7 Å². The summed E-state index contributed by atoms with van der Waals surface area (Å²) in [6.07, 6.45) is 2.33. The summed E-state index contributed by atoms with van der Waals surface area (Å²) >= 11 is 0. The molecule has 0 unspecified atom stereocenters. The molecule has 0 radical (unpaired) electrons. The first-order valence-electron chi connectivity index (χ1n) is 6.18. The number of nitrogens with one attached hydrogen (secondary N) is 2. The fraction of sp³-hybridized carbons (Fsp3) is 0.200. The number of amides is 1. The zero-order valence-corrected chi connectivity index (χ0v) is 10.8. The van der Waals surface area contributed by atoms with Gasteiger partial charge < -0.3 is 10.3 Å². The van der Waals surface area contributed by atoms with Crippen LogP contribution >= 0.6 is 0 Å². The van der Waals surface area contributed by atoms with Crippen molar-refractivity contribution in [3.8, 4) is 0 Å². The fourth-order valence-corrected chi connectivity index (χ4v) is 1.79. The van der Waals surface area contributed by atoms with Crippen molar-refractivity contribution in [2.45, 2.75) is 13.3 Å². The van der Waals surface area contributed by atoms with Crippen LogP contribution in [0, 0.1) is 0 Å². The molecule has 2 aromatic rings. The summed E-state index contributed by atoms with van der Waals surface area (Å²) in [5.74, 6) is -0.247. The standard InChI is InChI=1S/C15H16N2O2/c1-11(18)13-9-14(17-10-13)15(19)16-8-7-12-5-3-2-4-6-12/h2-6,9-10,17H,7-8H2,1H3,(H,16,19). The maximum atomic E-state index is 11.8. The Hall–Kier alpha value is -2.36. The second-order valence-corrected chi connectivity index (χ2v) is 4.35. The molecular weight excluding hydrogens is 240 g/mol. The minimum Gasteiger partial charge on any atom is -0.356 e. The minimum absolute atomic E-state index is 0.0559. The number of aromatic amines is 1. The van der Waals surface area contributed by atoms with E-state index in [4.69, 9.17) is 0 Å². The van der Waals surface area contributed by atoms with Crippen molar-refractivity contribution in [2.24, 2.45) is 0 Å². The molecule has 19 heavy (non-hydrogen) atoms. The molecule has 1 heterocycles. The van der Waals surface area contributed by atoms with Gasteiger partial charge in [-0.3, -0.25) is 9.59 Å². The van der Waals surface area contributed by atoms with Crippen molar-refractivity contribution in [1.29, 1.82) is 0 Å². The van der Waals surface area contributed by atoms with Gasteiger partial charge in [0.05, 0.1) is 0 Å². The van der Waals surface area contributed by atoms with Crippen molar-refractivity contribution in [3.63, 3.8) is 0 Å². The van der Waals surface area contributed by atoms with Gasteiger partial charge in [0.15, 0.2) is 5.78 Å². The molecule has 0 saturated carbocycles. The summed E-state index contributed by atoms with van der Waals surface area (Å²) < 4.78 is 0. The average Bonchev–Trinajstić information content (AvgIpc) is 2.89. The lowest BCUT2D eigenvalue weighted by molar-refractivity contribution is 0.0949. The lowest BCUT2D eigenvalue weighted by Gasteiger charge is -2.03. The molecule has 1 amide bonds. The van der Waals surface area contributed by atoms with E-state index in [-0.39, 0.29) is 11.7 Å². The summed E-state index contributed by atoms with van der Waals surface area (Å²) in [5.41, 5.74) is 2.12. The summed E-state index contributed by atoms with van der Waals surface area (Å²) in [5, 5.41) is 2.82. The molecule has 0 aliphatic carbocycles. The van der Waals surface area contributed by atoms with Crippen LogP contribution in [0.5, 0.6) is 0 Å². The van der Waals surface area contributed by atoms with E-state index in [1.54, 1.807) is 12.3 Å². The number of carbonyl (C=O) groups excluding carboxylic acids is 2. The second kappa shape index (κ2) is 6.00. The fourth-order valence-electron chi connectivity index (χ4n) is 1.79. The Balaban J connectivity index is 1.85. The quantitative estimate of drug-likeness (QED) is 0.805. The van der Waals surface area contributed by atoms with Gasteiger partial charge in [-0.05, 0) is 25.0 Å². The van der Waals surface area contributed by atoms with E-state index in [1.807, 2.05) is 30.3 Å². The van der Waals surface area contributed by atoms with E-state index in [1.165, 1.54) is 12.5 Å². The van der Waals surface area contributed by atoms with Crippen LogP contribution in [0.15, 0.2) is 42.6 Å². The number of hydrogen-bond acceptors (Lipinski definition) is 2. The molecule has 0 aliphatic heterocycles. The Morgan fingerprint density at radius 1 is 1.21 bits per heavy atom. The molecular formula is C15H16N2O2. The van der Waals surface area contributed by atoms with E-state index in [2.05, 4.69) is 10.3 Å². The number of benzene rings is 1. The van der Waals surface area contributed by atoms with Gasteiger partial charge in [-0.25, -0.2) is 0 Å². The Kier molecular flexibility index (Phi) is 4.13. The predicted molar refractivity (Wildman–Crippen MR) is 73.3 cm³/mol. The largest absolute Gasteiger partial charge is 0.356 e. The highest BCUT2D eigenvalue weighted by atomic mass is 16.2. The van der Waals surface area contributed by atoms with Crippen LogP contribution in [0.25, 0.3) is 0 Å². The lowest BCUT2D eigenvalue weighted by atomic mass is 10.1. The van der Waals surface area contributed by atoms with Gasteiger partial charge >= 0.3 is 0 Å². The molecule has 98 valence electrons. The van der Waals surface area contributed by atoms with Gasteiger partial charge in [-0.2, -0.15) is 0 Å². The lowest BCUT2D eigenvalue weighted by Crippen LogP contribution is -2.25. The topological polar surface area (TPSA) is 62.0 Å². The number of aromatic nitrogens is 1. The third kappa shape index (κ3) is 3.55. The molecule has 0 atom stereocenters. The normalized spacial score (nSPS) is 10.2. The van der Waals surface area contributed by atoms with Gasteiger partial charge in [-0.15, -0.1) is 0 Å². The van der Waals surface area contributed by atoms with E-state index in [9.17, 15) is 9.59 Å². The Labute approximate surface area is 111 Å². The van der Waals surface area contributed by atoms with Crippen LogP contribution in [-0.4, -0.2) is 23.2 Å². The van der Waals surface area contributed by atoms with Gasteiger partial charge in [0, 0.05) is 18.3 Å². The van der Waals surface area contributed by atoms with Crippen LogP contribution in [0.1, 0.15) is 33.3 Å². The maximum Gasteiger partial charge on any atom is 0.267 e. The molecule has 0 saturated heterocycles. The SMILES string of the molecule is CC(=O)c1c[nH]c(C(=O)NCCc2ccccc2)c1. The minimum atomic E-state index is -0.191. The number of Topliss-reactive ketones (excluding diaryl/α,β-unsaturated/α-hetero) is 1. The zero-order chi connectivity index (χ0) is 13.7. The third-order valence-electron chi connectivity index (χ3n) is 2.88. The second-order valence-electron chi connectivity index (χ2n) is 4.35. The van der Waals surface area contributed by atoms with Crippen LogP contribution < -0.4 is 5.32 Å². The zero-order valence-electron chi connectivity index (χ0n) is 10.8. The van der Waals surface area contributed by atoms with E-state index < -0.39 is 0 Å². The number of H-pyrrole nitrogens is 1. The number of hydrogen-bond donors (Lipinski definition) is 2.